The van der Waals surface area contributed by atoms with Crippen LogP contribution >= 0.6 is 0 Å². The van der Waals surface area contributed by atoms with Gasteiger partial charge in [-0.1, -0.05) is 24.3 Å². The minimum Gasteiger partial charge on any atom is -0.497 e. The van der Waals surface area contributed by atoms with Gasteiger partial charge in [0.2, 0.25) is 0 Å². The summed E-state index contributed by atoms with van der Waals surface area (Å²) in [5.41, 5.74) is 0.761. The van der Waals surface area contributed by atoms with Crippen molar-refractivity contribution in [2.75, 3.05) is 26.7 Å². The quantitative estimate of drug-likeness (QED) is 0.454. The molecule has 0 heterocycles. The molecule has 0 aromatic heterocycles. The predicted octanol–water partition coefficient (Wildman–Crippen LogP) is 2.89. The lowest BCUT2D eigenvalue weighted by atomic mass is 10.1. The standard InChI is InChI=1S/C21H28FN3O3/c1-4-23-21(24-13-15(2)28-20-8-6-5-7-18(20)22)25-14-19(26)16-9-11-17(27-3)12-10-16/h5-12,15,19,26H,4,13-14H2,1-3H3,(H2,23,24,25). The van der Waals surface area contributed by atoms with E-state index in [1.165, 1.54) is 6.07 Å². The predicted molar refractivity (Wildman–Crippen MR) is 108 cm³/mol. The summed E-state index contributed by atoms with van der Waals surface area (Å²) < 4.78 is 24.4. The molecule has 0 aliphatic carbocycles. The van der Waals surface area contributed by atoms with Crippen molar-refractivity contribution in [3.05, 3.63) is 59.9 Å². The van der Waals surface area contributed by atoms with Gasteiger partial charge >= 0.3 is 0 Å². The molecular weight excluding hydrogens is 361 g/mol. The van der Waals surface area contributed by atoms with Gasteiger partial charge in [0.25, 0.3) is 0 Å². The number of hydrogen-bond acceptors (Lipinski definition) is 4. The van der Waals surface area contributed by atoms with E-state index in [1.54, 1.807) is 37.4 Å². The van der Waals surface area contributed by atoms with E-state index in [4.69, 9.17) is 9.47 Å². The van der Waals surface area contributed by atoms with Gasteiger partial charge in [0, 0.05) is 6.54 Å². The van der Waals surface area contributed by atoms with Crippen molar-refractivity contribution in [2.45, 2.75) is 26.1 Å². The molecule has 0 amide bonds. The molecule has 2 aromatic carbocycles. The Bertz CT molecular complexity index is 753. The van der Waals surface area contributed by atoms with Gasteiger partial charge < -0.3 is 25.2 Å². The number of para-hydroxylation sites is 1. The second-order valence-corrected chi connectivity index (χ2v) is 6.25. The molecule has 2 unspecified atom stereocenters. The third-order valence-corrected chi connectivity index (χ3v) is 3.99. The maximum Gasteiger partial charge on any atom is 0.191 e. The highest BCUT2D eigenvalue weighted by molar-refractivity contribution is 5.79. The number of aliphatic imine (C=N–C) groups is 1. The van der Waals surface area contributed by atoms with Crippen LogP contribution < -0.4 is 20.1 Å². The first-order valence-corrected chi connectivity index (χ1v) is 9.28. The van der Waals surface area contributed by atoms with E-state index in [0.717, 1.165) is 11.3 Å². The van der Waals surface area contributed by atoms with Gasteiger partial charge in [0.1, 0.15) is 11.9 Å². The van der Waals surface area contributed by atoms with Crippen LogP contribution in [0.15, 0.2) is 53.5 Å². The van der Waals surface area contributed by atoms with Crippen molar-refractivity contribution in [3.63, 3.8) is 0 Å². The average molecular weight is 389 g/mol. The lowest BCUT2D eigenvalue weighted by molar-refractivity contribution is 0.187. The minimum absolute atomic E-state index is 0.199. The van der Waals surface area contributed by atoms with Gasteiger partial charge in [-0.05, 0) is 43.7 Å². The molecule has 3 N–H and O–H groups in total. The number of benzene rings is 2. The van der Waals surface area contributed by atoms with Crippen molar-refractivity contribution in [2.24, 2.45) is 4.99 Å². The van der Waals surface area contributed by atoms with Crippen LogP contribution in [-0.4, -0.2) is 43.9 Å². The Morgan fingerprint density at radius 1 is 1.14 bits per heavy atom. The smallest absolute Gasteiger partial charge is 0.191 e. The number of halogens is 1. The Morgan fingerprint density at radius 2 is 1.86 bits per heavy atom. The molecule has 6 nitrogen and oxygen atoms in total. The number of aliphatic hydroxyl groups is 1. The second kappa shape index (κ2) is 11.1. The van der Waals surface area contributed by atoms with Gasteiger partial charge in [-0.2, -0.15) is 0 Å². The van der Waals surface area contributed by atoms with Crippen LogP contribution in [0, 0.1) is 5.82 Å². The summed E-state index contributed by atoms with van der Waals surface area (Å²) in [6.45, 7) is 5.10. The first-order chi connectivity index (χ1) is 13.5. The summed E-state index contributed by atoms with van der Waals surface area (Å²) >= 11 is 0. The van der Waals surface area contributed by atoms with E-state index in [1.807, 2.05) is 26.0 Å². The van der Waals surface area contributed by atoms with Crippen molar-refractivity contribution in [1.29, 1.82) is 0 Å². The molecule has 0 saturated carbocycles. The molecule has 7 heteroatoms. The van der Waals surface area contributed by atoms with Crippen LogP contribution in [0.3, 0.4) is 0 Å². The summed E-state index contributed by atoms with van der Waals surface area (Å²) in [6.07, 6.45) is -0.999. The van der Waals surface area contributed by atoms with E-state index in [0.29, 0.717) is 19.0 Å². The Balaban J connectivity index is 1.89. The van der Waals surface area contributed by atoms with Crippen molar-refractivity contribution in [1.82, 2.24) is 10.6 Å². The monoisotopic (exact) mass is 389 g/mol. The molecule has 0 saturated heterocycles. The van der Waals surface area contributed by atoms with Crippen LogP contribution in [0.2, 0.25) is 0 Å². The molecule has 2 aromatic rings. The van der Waals surface area contributed by atoms with Gasteiger partial charge in [-0.15, -0.1) is 0 Å². The van der Waals surface area contributed by atoms with Crippen LogP contribution in [0.1, 0.15) is 25.5 Å². The van der Waals surface area contributed by atoms with E-state index in [9.17, 15) is 9.50 Å². The number of aliphatic hydroxyl groups excluding tert-OH is 1. The van der Waals surface area contributed by atoms with Crippen molar-refractivity contribution >= 4 is 5.96 Å². The maximum absolute atomic E-state index is 13.7. The summed E-state index contributed by atoms with van der Waals surface area (Å²) in [4.78, 5) is 4.41. The largest absolute Gasteiger partial charge is 0.497 e. The maximum atomic E-state index is 13.7. The van der Waals surface area contributed by atoms with Crippen molar-refractivity contribution < 1.29 is 19.0 Å². The number of methoxy groups -OCH3 is 1. The highest BCUT2D eigenvalue weighted by Gasteiger charge is 2.10. The van der Waals surface area contributed by atoms with Crippen molar-refractivity contribution in [3.8, 4) is 11.5 Å². The third-order valence-electron chi connectivity index (χ3n) is 3.99. The van der Waals surface area contributed by atoms with Crippen LogP contribution in [0.25, 0.3) is 0 Å². The molecule has 0 aliphatic heterocycles. The zero-order valence-electron chi connectivity index (χ0n) is 16.5. The van der Waals surface area contributed by atoms with Gasteiger partial charge in [-0.3, -0.25) is 4.99 Å². The number of nitrogens with one attached hydrogen (secondary N) is 2. The van der Waals surface area contributed by atoms with E-state index in [-0.39, 0.29) is 18.4 Å². The Kier molecular flexibility index (Phi) is 8.55. The minimum atomic E-state index is -0.728. The van der Waals surface area contributed by atoms with E-state index >= 15 is 0 Å². The molecule has 0 aliphatic rings. The van der Waals surface area contributed by atoms with E-state index in [2.05, 4.69) is 15.6 Å². The van der Waals surface area contributed by atoms with Gasteiger partial charge in [0.15, 0.2) is 17.5 Å². The van der Waals surface area contributed by atoms with Crippen LogP contribution in [-0.2, 0) is 0 Å². The molecule has 152 valence electrons. The summed E-state index contributed by atoms with van der Waals surface area (Å²) in [5.74, 6) is 1.11. The average Bonchev–Trinajstić information content (AvgIpc) is 2.71. The lowest BCUT2D eigenvalue weighted by Gasteiger charge is -2.18. The summed E-state index contributed by atoms with van der Waals surface area (Å²) in [7, 11) is 1.60. The molecule has 0 bridgehead atoms. The topological polar surface area (TPSA) is 75.1 Å². The zero-order valence-corrected chi connectivity index (χ0v) is 16.5. The molecule has 2 atom stereocenters. The molecule has 0 fully saturated rings. The summed E-state index contributed by atoms with van der Waals surface area (Å²) in [5, 5.41) is 16.6. The molecule has 0 spiro atoms. The van der Waals surface area contributed by atoms with Crippen LogP contribution in [0.5, 0.6) is 11.5 Å². The highest BCUT2D eigenvalue weighted by atomic mass is 19.1. The first-order valence-electron chi connectivity index (χ1n) is 9.28. The number of nitrogens with zero attached hydrogens (tertiary/aromatic N) is 1. The number of hydrogen-bond donors (Lipinski definition) is 3. The third kappa shape index (κ3) is 6.74. The highest BCUT2D eigenvalue weighted by Crippen LogP contribution is 2.18. The summed E-state index contributed by atoms with van der Waals surface area (Å²) in [6, 6.07) is 13.5. The van der Waals surface area contributed by atoms with E-state index < -0.39 is 11.9 Å². The normalized spacial score (nSPS) is 13.5. The second-order valence-electron chi connectivity index (χ2n) is 6.25. The fourth-order valence-electron chi connectivity index (χ4n) is 2.49. The molecule has 2 rings (SSSR count). The fourth-order valence-corrected chi connectivity index (χ4v) is 2.49. The number of rotatable bonds is 9. The first kappa shape index (κ1) is 21.5. The number of guanidine groups is 1. The Labute approximate surface area is 165 Å². The van der Waals surface area contributed by atoms with Gasteiger partial charge in [-0.25, -0.2) is 4.39 Å². The fraction of sp³-hybridized carbons (Fsp3) is 0.381. The molecule has 0 radical (unpaired) electrons. The Hall–Kier alpha value is -2.80. The zero-order chi connectivity index (χ0) is 20.4. The molecular formula is C21H28FN3O3. The Morgan fingerprint density at radius 3 is 2.50 bits per heavy atom. The van der Waals surface area contributed by atoms with Gasteiger partial charge in [0.05, 0.1) is 26.3 Å². The lowest BCUT2D eigenvalue weighted by Crippen LogP contribution is -2.42. The molecule has 28 heavy (non-hydrogen) atoms. The number of ether oxygens (including phenoxy) is 2. The van der Waals surface area contributed by atoms with Crippen LogP contribution in [0.4, 0.5) is 4.39 Å². The SMILES string of the molecule is CCNC(=NCC(O)c1ccc(OC)cc1)NCC(C)Oc1ccccc1F.